The van der Waals surface area contributed by atoms with Crippen LogP contribution in [0.2, 0.25) is 19.6 Å². The number of esters is 2. The van der Waals surface area contributed by atoms with E-state index in [-0.39, 0.29) is 38.2 Å². The molecule has 0 bridgehead atoms. The molecule has 0 saturated carbocycles. The fraction of sp³-hybridized carbons (Fsp3) is 0.400. The third-order valence-electron chi connectivity index (χ3n) is 4.89. The van der Waals surface area contributed by atoms with Gasteiger partial charge in [-0.2, -0.15) is 4.99 Å². The highest BCUT2D eigenvalue weighted by molar-refractivity contribution is 6.69. The molecule has 2 aromatic rings. The zero-order chi connectivity index (χ0) is 25.8. The number of hydrogen-bond acceptors (Lipinski definition) is 7. The van der Waals surface area contributed by atoms with Gasteiger partial charge in [0.25, 0.3) is 0 Å². The zero-order valence-electron chi connectivity index (χ0n) is 20.0. The van der Waals surface area contributed by atoms with Gasteiger partial charge in [-0.25, -0.2) is 18.4 Å². The van der Waals surface area contributed by atoms with Crippen LogP contribution in [-0.2, 0) is 41.3 Å². The fourth-order valence-corrected chi connectivity index (χ4v) is 3.88. The number of halogens is 2. The van der Waals surface area contributed by atoms with Crippen LogP contribution in [0.1, 0.15) is 17.5 Å². The monoisotopic (exact) mass is 505 g/mol. The molecule has 2 atom stereocenters. The molecule has 0 radical (unpaired) electrons. The molecule has 7 nitrogen and oxygen atoms in total. The Kier molecular flexibility index (Phi) is 10.9. The van der Waals surface area contributed by atoms with Crippen LogP contribution in [0, 0.1) is 17.6 Å². The third kappa shape index (κ3) is 10.3. The molecule has 2 aromatic carbocycles. The molecule has 35 heavy (non-hydrogen) atoms. The Hall–Kier alpha value is -3.20. The summed E-state index contributed by atoms with van der Waals surface area (Å²) in [5.74, 6) is -4.23. The van der Waals surface area contributed by atoms with E-state index >= 15 is 0 Å². The van der Waals surface area contributed by atoms with Gasteiger partial charge in [0.2, 0.25) is 6.08 Å². The van der Waals surface area contributed by atoms with Crippen molar-refractivity contribution in [2.45, 2.75) is 45.1 Å². The molecule has 0 aliphatic heterocycles. The minimum absolute atomic E-state index is 0.0395. The predicted molar refractivity (Wildman–Crippen MR) is 127 cm³/mol. The maximum Gasteiger partial charge on any atom is 0.331 e. The number of nitrogens with zero attached hydrogens (tertiary/aromatic N) is 1. The van der Waals surface area contributed by atoms with Crippen molar-refractivity contribution in [2.24, 2.45) is 10.9 Å². The van der Waals surface area contributed by atoms with Crippen molar-refractivity contribution in [1.82, 2.24) is 0 Å². The quantitative estimate of drug-likeness (QED) is 0.132. The summed E-state index contributed by atoms with van der Waals surface area (Å²) in [6.07, 6.45) is 0.840. The summed E-state index contributed by atoms with van der Waals surface area (Å²) in [6.45, 7) is 6.03. The maximum absolute atomic E-state index is 14.3. The highest BCUT2D eigenvalue weighted by atomic mass is 28.4. The average molecular weight is 506 g/mol. The van der Waals surface area contributed by atoms with E-state index in [1.54, 1.807) is 24.3 Å². The van der Waals surface area contributed by atoms with E-state index in [1.807, 2.05) is 25.7 Å². The first kappa shape index (κ1) is 28.0. The Morgan fingerprint density at radius 3 is 2.34 bits per heavy atom. The second-order valence-electron chi connectivity index (χ2n) is 8.83. The lowest BCUT2D eigenvalue weighted by molar-refractivity contribution is -0.151. The van der Waals surface area contributed by atoms with Gasteiger partial charge >= 0.3 is 11.9 Å². The molecule has 10 heteroatoms. The van der Waals surface area contributed by atoms with E-state index in [0.717, 1.165) is 11.6 Å². The van der Waals surface area contributed by atoms with Crippen molar-refractivity contribution in [3.05, 3.63) is 71.3 Å². The Morgan fingerprint density at radius 1 is 1.00 bits per heavy atom. The van der Waals surface area contributed by atoms with Crippen LogP contribution in [0.3, 0.4) is 0 Å². The molecule has 0 aromatic heterocycles. The van der Waals surface area contributed by atoms with Crippen LogP contribution in [0.25, 0.3) is 0 Å². The zero-order valence-corrected chi connectivity index (χ0v) is 21.0. The Balaban J connectivity index is 2.14. The van der Waals surface area contributed by atoms with Gasteiger partial charge in [0.1, 0.15) is 24.8 Å². The highest BCUT2D eigenvalue weighted by Crippen LogP contribution is 2.22. The first-order valence-corrected chi connectivity index (χ1v) is 14.5. The van der Waals surface area contributed by atoms with Crippen LogP contribution in [0.5, 0.6) is 0 Å². The summed E-state index contributed by atoms with van der Waals surface area (Å²) < 4.78 is 43.8. The lowest BCUT2D eigenvalue weighted by atomic mass is 9.92. The lowest BCUT2D eigenvalue weighted by Gasteiger charge is -2.20. The smallest absolute Gasteiger partial charge is 0.331 e. The summed E-state index contributed by atoms with van der Waals surface area (Å²) in [6, 6.07) is 10.5. The molecule has 0 unspecified atom stereocenters. The van der Waals surface area contributed by atoms with Gasteiger partial charge in [-0.1, -0.05) is 36.4 Å². The maximum atomic E-state index is 14.3. The minimum Gasteiger partial charge on any atom is -0.462 e. The standard InChI is InChI=1S/C25H29F2NO6Si/c1-35(2,3)34-12-11-32-25(31)23(28-17-29)14-20(13-19-9-10-21(26)15-22(19)27)24(30)33-16-18-7-5-4-6-8-18/h4-10,15,20,23H,11-14,16H2,1-3H3/t20-,23-/m0/s1. The van der Waals surface area contributed by atoms with Crippen LogP contribution in [0.15, 0.2) is 53.5 Å². The SMILES string of the molecule is C[Si](C)(C)OCCOC(=O)[C@H](C[C@H](Cc1ccc(F)cc1F)C(=O)OCc1ccccc1)N=C=O. The van der Waals surface area contributed by atoms with Crippen molar-refractivity contribution in [2.75, 3.05) is 13.2 Å². The van der Waals surface area contributed by atoms with Crippen molar-refractivity contribution in [3.8, 4) is 0 Å². The van der Waals surface area contributed by atoms with Crippen LogP contribution < -0.4 is 0 Å². The summed E-state index contributed by atoms with van der Waals surface area (Å²) in [5, 5.41) is 0. The minimum atomic E-state index is -1.80. The van der Waals surface area contributed by atoms with Gasteiger partial charge in [-0.3, -0.25) is 4.79 Å². The normalized spacial score (nSPS) is 12.8. The number of carbonyl (C=O) groups excluding carboxylic acids is 3. The molecule has 0 N–H and O–H groups in total. The molecule has 0 spiro atoms. The van der Waals surface area contributed by atoms with Gasteiger partial charge in [0.05, 0.1) is 12.5 Å². The average Bonchev–Trinajstić information content (AvgIpc) is 2.80. The largest absolute Gasteiger partial charge is 0.462 e. The highest BCUT2D eigenvalue weighted by Gasteiger charge is 2.30. The van der Waals surface area contributed by atoms with E-state index in [4.69, 9.17) is 13.9 Å². The second-order valence-corrected chi connectivity index (χ2v) is 13.3. The van der Waals surface area contributed by atoms with Gasteiger partial charge in [-0.15, -0.1) is 0 Å². The third-order valence-corrected chi connectivity index (χ3v) is 5.96. The Morgan fingerprint density at radius 2 is 1.71 bits per heavy atom. The summed E-state index contributed by atoms with van der Waals surface area (Å²) in [7, 11) is -1.80. The van der Waals surface area contributed by atoms with E-state index in [2.05, 4.69) is 4.99 Å². The van der Waals surface area contributed by atoms with Crippen molar-refractivity contribution >= 4 is 26.3 Å². The Bertz CT molecular complexity index is 1040. The van der Waals surface area contributed by atoms with Gasteiger partial charge < -0.3 is 13.9 Å². The Labute approximate surface area is 204 Å². The molecule has 0 aliphatic rings. The van der Waals surface area contributed by atoms with Crippen molar-refractivity contribution < 1.29 is 37.1 Å². The number of isocyanates is 1. The number of ether oxygens (including phenoxy) is 2. The number of hydrogen-bond donors (Lipinski definition) is 0. The predicted octanol–water partition coefficient (Wildman–Crippen LogP) is 4.36. The van der Waals surface area contributed by atoms with Crippen molar-refractivity contribution in [1.29, 1.82) is 0 Å². The van der Waals surface area contributed by atoms with Gasteiger partial charge in [0, 0.05) is 6.07 Å². The molecule has 0 aliphatic carbocycles. The summed E-state index contributed by atoms with van der Waals surface area (Å²) in [5.41, 5.74) is 0.788. The van der Waals surface area contributed by atoms with E-state index < -0.39 is 43.9 Å². The van der Waals surface area contributed by atoms with E-state index in [0.29, 0.717) is 6.07 Å². The number of rotatable bonds is 13. The van der Waals surface area contributed by atoms with Crippen LogP contribution >= 0.6 is 0 Å². The van der Waals surface area contributed by atoms with E-state index in [9.17, 15) is 23.2 Å². The molecule has 0 amide bonds. The van der Waals surface area contributed by atoms with Crippen LogP contribution in [-0.4, -0.2) is 45.6 Å². The number of benzene rings is 2. The van der Waals surface area contributed by atoms with Gasteiger partial charge in [-0.05, 0) is 49.7 Å². The lowest BCUT2D eigenvalue weighted by Crippen LogP contribution is -2.32. The van der Waals surface area contributed by atoms with Crippen LogP contribution in [0.4, 0.5) is 8.78 Å². The second kappa shape index (κ2) is 13.6. The van der Waals surface area contributed by atoms with E-state index in [1.165, 1.54) is 12.1 Å². The molecule has 0 saturated heterocycles. The molecule has 0 heterocycles. The molecule has 2 rings (SSSR count). The number of aliphatic imine (C=N–C) groups is 1. The molecular weight excluding hydrogens is 476 g/mol. The summed E-state index contributed by atoms with van der Waals surface area (Å²) >= 11 is 0. The first-order chi connectivity index (χ1) is 16.6. The summed E-state index contributed by atoms with van der Waals surface area (Å²) in [4.78, 5) is 39.9. The van der Waals surface area contributed by atoms with Gasteiger partial charge in [0.15, 0.2) is 14.4 Å². The molecule has 188 valence electrons. The molecular formula is C25H29F2NO6Si. The van der Waals surface area contributed by atoms with Crippen molar-refractivity contribution in [3.63, 3.8) is 0 Å². The topological polar surface area (TPSA) is 91.3 Å². The fourth-order valence-electron chi connectivity index (χ4n) is 3.18. The molecule has 0 fully saturated rings. The number of carbonyl (C=O) groups is 2. The first-order valence-electron chi connectivity index (χ1n) is 11.1.